The maximum Gasteiger partial charge on any atom is 0.338 e. The first kappa shape index (κ1) is 13.7. The summed E-state index contributed by atoms with van der Waals surface area (Å²) in [5.74, 6) is 0.149. The van der Waals surface area contributed by atoms with Crippen LogP contribution in [0, 0.1) is 10.1 Å². The third kappa shape index (κ3) is 2.82. The fraction of sp³-hybridized carbons (Fsp3) is 0.231. The number of ether oxygens (including phenoxy) is 1. The number of aromatic nitrogens is 2. The van der Waals surface area contributed by atoms with Gasteiger partial charge in [-0.2, -0.15) is 0 Å². The third-order valence-electron chi connectivity index (χ3n) is 2.89. The van der Waals surface area contributed by atoms with Crippen LogP contribution in [0.1, 0.15) is 21.7 Å². The molecule has 0 N–H and O–H groups in total. The monoisotopic (exact) mass is 275 g/mol. The van der Waals surface area contributed by atoms with Crippen LogP contribution in [0.15, 0.2) is 30.6 Å². The molecule has 0 saturated heterocycles. The molecule has 7 nitrogen and oxygen atoms in total. The minimum absolute atomic E-state index is 0.142. The van der Waals surface area contributed by atoms with E-state index in [1.807, 2.05) is 11.6 Å². The highest BCUT2D eigenvalue weighted by molar-refractivity contribution is 5.90. The van der Waals surface area contributed by atoms with Gasteiger partial charge in [-0.25, -0.2) is 9.78 Å². The van der Waals surface area contributed by atoms with Gasteiger partial charge in [0.2, 0.25) is 0 Å². The number of rotatable bonds is 4. The first-order valence-corrected chi connectivity index (χ1v) is 5.84. The number of aryl methyl sites for hydroxylation is 1. The second-order valence-corrected chi connectivity index (χ2v) is 4.27. The van der Waals surface area contributed by atoms with Crippen LogP contribution in [0.5, 0.6) is 0 Å². The molecule has 0 amide bonds. The summed E-state index contributed by atoms with van der Waals surface area (Å²) in [6.45, 7) is 0. The van der Waals surface area contributed by atoms with Crippen molar-refractivity contribution in [1.82, 2.24) is 9.55 Å². The molecule has 7 heteroatoms. The lowest BCUT2D eigenvalue weighted by Crippen LogP contribution is -2.05. The molecule has 2 aromatic rings. The van der Waals surface area contributed by atoms with Gasteiger partial charge in [0.15, 0.2) is 0 Å². The normalized spacial score (nSPS) is 10.3. The summed E-state index contributed by atoms with van der Waals surface area (Å²) >= 11 is 0. The van der Waals surface area contributed by atoms with E-state index in [0.29, 0.717) is 12.0 Å². The standard InChI is InChI=1S/C13H13N3O4/c1-15-4-3-14-12(15)7-9-5-10(13(17)20-2)8-11(6-9)16(18)19/h3-6,8H,7H2,1-2H3. The fourth-order valence-corrected chi connectivity index (χ4v) is 1.87. The number of imidazole rings is 1. The molecule has 1 aromatic heterocycles. The number of nitrogens with zero attached hydrogens (tertiary/aromatic N) is 3. The maximum atomic E-state index is 11.5. The number of nitro benzene ring substituents is 1. The number of hydrogen-bond donors (Lipinski definition) is 0. The van der Waals surface area contributed by atoms with E-state index in [1.165, 1.54) is 19.2 Å². The number of methoxy groups -OCH3 is 1. The molecule has 0 spiro atoms. The van der Waals surface area contributed by atoms with Crippen molar-refractivity contribution in [1.29, 1.82) is 0 Å². The Bertz CT molecular complexity index is 663. The van der Waals surface area contributed by atoms with E-state index in [0.717, 1.165) is 5.82 Å². The predicted molar refractivity (Wildman–Crippen MR) is 70.4 cm³/mol. The zero-order valence-corrected chi connectivity index (χ0v) is 11.1. The lowest BCUT2D eigenvalue weighted by atomic mass is 10.1. The molecule has 0 atom stereocenters. The Labute approximate surface area is 115 Å². The Hall–Kier alpha value is -2.70. The third-order valence-corrected chi connectivity index (χ3v) is 2.89. The maximum absolute atomic E-state index is 11.5. The number of carbonyl (C=O) groups excluding carboxylic acids is 1. The van der Waals surface area contributed by atoms with Crippen LogP contribution in [0.25, 0.3) is 0 Å². The molecular weight excluding hydrogens is 262 g/mol. The van der Waals surface area contributed by atoms with Crippen LogP contribution < -0.4 is 0 Å². The second-order valence-electron chi connectivity index (χ2n) is 4.27. The topological polar surface area (TPSA) is 87.3 Å². The first-order valence-electron chi connectivity index (χ1n) is 5.84. The number of nitro groups is 1. The molecule has 0 saturated carbocycles. The lowest BCUT2D eigenvalue weighted by Gasteiger charge is -2.05. The van der Waals surface area contributed by atoms with Crippen molar-refractivity contribution in [2.24, 2.45) is 7.05 Å². The number of hydrogen-bond acceptors (Lipinski definition) is 5. The Balaban J connectivity index is 2.41. The van der Waals surface area contributed by atoms with Gasteiger partial charge in [0, 0.05) is 38.0 Å². The molecule has 0 aliphatic carbocycles. The zero-order valence-electron chi connectivity index (χ0n) is 11.1. The molecule has 0 aliphatic heterocycles. The van der Waals surface area contributed by atoms with Crippen molar-refractivity contribution in [3.05, 3.63) is 57.7 Å². The predicted octanol–water partition coefficient (Wildman–Crippen LogP) is 1.71. The average Bonchev–Trinajstić information content (AvgIpc) is 2.83. The van der Waals surface area contributed by atoms with Gasteiger partial charge in [-0.05, 0) is 11.6 Å². The van der Waals surface area contributed by atoms with Crippen molar-refractivity contribution in [2.45, 2.75) is 6.42 Å². The van der Waals surface area contributed by atoms with Crippen LogP contribution >= 0.6 is 0 Å². The largest absolute Gasteiger partial charge is 0.465 e. The molecule has 0 fully saturated rings. The van der Waals surface area contributed by atoms with Crippen molar-refractivity contribution >= 4 is 11.7 Å². The molecule has 20 heavy (non-hydrogen) atoms. The van der Waals surface area contributed by atoms with E-state index >= 15 is 0 Å². The molecule has 1 aromatic carbocycles. The summed E-state index contributed by atoms with van der Waals surface area (Å²) in [6, 6.07) is 4.21. The lowest BCUT2D eigenvalue weighted by molar-refractivity contribution is -0.384. The van der Waals surface area contributed by atoms with Crippen molar-refractivity contribution in [2.75, 3.05) is 7.11 Å². The van der Waals surface area contributed by atoms with Crippen LogP contribution in [-0.4, -0.2) is 27.6 Å². The molecule has 1 heterocycles. The minimum atomic E-state index is -0.602. The number of esters is 1. The van der Waals surface area contributed by atoms with E-state index in [1.54, 1.807) is 18.5 Å². The van der Waals surface area contributed by atoms with Gasteiger partial charge in [-0.1, -0.05) is 0 Å². The summed E-state index contributed by atoms with van der Waals surface area (Å²) in [5.41, 5.74) is 0.650. The van der Waals surface area contributed by atoms with E-state index in [4.69, 9.17) is 0 Å². The van der Waals surface area contributed by atoms with Crippen LogP contribution in [0.3, 0.4) is 0 Å². The van der Waals surface area contributed by atoms with Gasteiger partial charge in [-0.15, -0.1) is 0 Å². The number of benzene rings is 1. The number of carbonyl (C=O) groups is 1. The van der Waals surface area contributed by atoms with Gasteiger partial charge in [-0.3, -0.25) is 10.1 Å². The van der Waals surface area contributed by atoms with E-state index in [-0.39, 0.29) is 11.3 Å². The van der Waals surface area contributed by atoms with Gasteiger partial charge >= 0.3 is 5.97 Å². The summed E-state index contributed by atoms with van der Waals surface area (Å²) in [5, 5.41) is 10.9. The molecule has 0 radical (unpaired) electrons. The summed E-state index contributed by atoms with van der Waals surface area (Å²) in [4.78, 5) is 26.1. The van der Waals surface area contributed by atoms with E-state index in [2.05, 4.69) is 9.72 Å². The number of non-ortho nitro benzene ring substituents is 1. The van der Waals surface area contributed by atoms with E-state index in [9.17, 15) is 14.9 Å². The first-order chi connectivity index (χ1) is 9.51. The molecule has 0 bridgehead atoms. The van der Waals surface area contributed by atoms with Crippen LogP contribution in [0.2, 0.25) is 0 Å². The van der Waals surface area contributed by atoms with Crippen molar-refractivity contribution in [3.8, 4) is 0 Å². The van der Waals surface area contributed by atoms with Crippen molar-refractivity contribution < 1.29 is 14.5 Å². The van der Waals surface area contributed by atoms with Crippen molar-refractivity contribution in [3.63, 3.8) is 0 Å². The Kier molecular flexibility index (Phi) is 3.79. The summed E-state index contributed by atoms with van der Waals surface area (Å²) in [7, 11) is 3.07. The van der Waals surface area contributed by atoms with E-state index < -0.39 is 10.9 Å². The smallest absolute Gasteiger partial charge is 0.338 e. The van der Waals surface area contributed by atoms with Gasteiger partial charge in [0.1, 0.15) is 5.82 Å². The molecule has 0 unspecified atom stereocenters. The molecular formula is C13H13N3O4. The zero-order chi connectivity index (χ0) is 14.7. The molecule has 2 rings (SSSR count). The van der Waals surface area contributed by atoms with Crippen LogP contribution in [0.4, 0.5) is 5.69 Å². The molecule has 104 valence electrons. The van der Waals surface area contributed by atoms with Crippen LogP contribution in [-0.2, 0) is 18.2 Å². The van der Waals surface area contributed by atoms with Gasteiger partial charge < -0.3 is 9.30 Å². The SMILES string of the molecule is COC(=O)c1cc(Cc2nccn2C)cc([N+](=O)[O-])c1. The highest BCUT2D eigenvalue weighted by Gasteiger charge is 2.15. The van der Waals surface area contributed by atoms with Gasteiger partial charge in [0.25, 0.3) is 5.69 Å². The average molecular weight is 275 g/mol. The Morgan fingerprint density at radius 2 is 2.20 bits per heavy atom. The Morgan fingerprint density at radius 1 is 1.45 bits per heavy atom. The second kappa shape index (κ2) is 5.52. The fourth-order valence-electron chi connectivity index (χ4n) is 1.87. The molecule has 0 aliphatic rings. The summed E-state index contributed by atoms with van der Waals surface area (Å²) < 4.78 is 6.42. The Morgan fingerprint density at radius 3 is 2.75 bits per heavy atom. The highest BCUT2D eigenvalue weighted by Crippen LogP contribution is 2.20. The minimum Gasteiger partial charge on any atom is -0.465 e. The van der Waals surface area contributed by atoms with Gasteiger partial charge in [0.05, 0.1) is 17.6 Å². The summed E-state index contributed by atoms with van der Waals surface area (Å²) in [6.07, 6.45) is 3.83. The quantitative estimate of drug-likeness (QED) is 0.481. The highest BCUT2D eigenvalue weighted by atomic mass is 16.6.